The van der Waals surface area contributed by atoms with E-state index in [2.05, 4.69) is 0 Å². The first-order valence-corrected chi connectivity index (χ1v) is 9.20. The average molecular weight is 397 g/mol. The van der Waals surface area contributed by atoms with Gasteiger partial charge in [0.1, 0.15) is 22.6 Å². The molecule has 3 nitrogen and oxygen atoms in total. The number of Topliss-reactive ketones (excluding diaryl/α,β-unsaturated/α-hetero) is 1. The van der Waals surface area contributed by atoms with E-state index in [1.165, 1.54) is 6.92 Å². The molecule has 1 unspecified atom stereocenters. The maximum atomic E-state index is 11.2. The van der Waals surface area contributed by atoms with E-state index in [0.29, 0.717) is 12.4 Å². The van der Waals surface area contributed by atoms with Crippen LogP contribution in [0.5, 0.6) is 11.5 Å². The maximum absolute atomic E-state index is 11.2. The lowest BCUT2D eigenvalue weighted by Crippen LogP contribution is -2.20. The van der Waals surface area contributed by atoms with Crippen molar-refractivity contribution in [3.05, 3.63) is 59.1 Å². The number of benzene rings is 2. The Hall–Kier alpha value is -1.62. The van der Waals surface area contributed by atoms with Crippen molar-refractivity contribution in [3.63, 3.8) is 0 Å². The molecule has 0 aliphatic heterocycles. The molecule has 0 aliphatic rings. The lowest BCUT2D eigenvalue weighted by Gasteiger charge is -2.12. The van der Waals surface area contributed by atoms with E-state index >= 15 is 0 Å². The highest BCUT2D eigenvalue weighted by Crippen LogP contribution is 2.30. The van der Waals surface area contributed by atoms with Crippen LogP contribution >= 0.6 is 35.0 Å². The van der Waals surface area contributed by atoms with Gasteiger partial charge in [-0.3, -0.25) is 4.79 Å². The van der Waals surface area contributed by atoms with Crippen molar-refractivity contribution in [2.45, 2.75) is 29.7 Å². The summed E-state index contributed by atoms with van der Waals surface area (Å²) in [5.74, 6) is 1.43. The summed E-state index contributed by atoms with van der Waals surface area (Å²) in [5.41, 5.74) is 0. The molecule has 6 heteroatoms. The summed E-state index contributed by atoms with van der Waals surface area (Å²) in [6, 6.07) is 15.4. The molecule has 0 amide bonds. The number of carbonyl (C=O) groups excluding carboxylic acids is 1. The summed E-state index contributed by atoms with van der Waals surface area (Å²) in [7, 11) is 0. The van der Waals surface area contributed by atoms with Crippen LogP contribution in [0.3, 0.4) is 0 Å². The molecule has 0 spiro atoms. The van der Waals surface area contributed by atoms with Gasteiger partial charge in [-0.25, -0.2) is 0 Å². The normalized spacial score (nSPS) is 11.5. The zero-order valence-electron chi connectivity index (χ0n) is 13.9. The second kappa shape index (κ2) is 9.76. The van der Waals surface area contributed by atoms with Gasteiger partial charge in [-0.1, -0.05) is 35.0 Å². The van der Waals surface area contributed by atoms with Gasteiger partial charge in [0.15, 0.2) is 11.9 Å². The van der Waals surface area contributed by atoms with Crippen molar-refractivity contribution in [1.29, 1.82) is 0 Å². The van der Waals surface area contributed by atoms with Crippen molar-refractivity contribution in [1.82, 2.24) is 0 Å². The zero-order valence-corrected chi connectivity index (χ0v) is 16.2. The minimum absolute atomic E-state index is 0.00423. The third-order valence-electron chi connectivity index (χ3n) is 3.26. The van der Waals surface area contributed by atoms with Crippen LogP contribution in [0.1, 0.15) is 13.8 Å². The van der Waals surface area contributed by atoms with Crippen molar-refractivity contribution >= 4 is 40.7 Å². The van der Waals surface area contributed by atoms with Gasteiger partial charge in [0.2, 0.25) is 0 Å². The van der Waals surface area contributed by atoms with Gasteiger partial charge in [-0.2, -0.15) is 0 Å². The van der Waals surface area contributed by atoms with Gasteiger partial charge < -0.3 is 9.47 Å². The molecule has 2 aromatic carbocycles. The fraction of sp³-hybridized carbons (Fsp3) is 0.211. The Morgan fingerprint density at radius 1 is 1.04 bits per heavy atom. The van der Waals surface area contributed by atoms with Gasteiger partial charge in [-0.15, -0.1) is 0 Å². The molecule has 0 N–H and O–H groups in total. The summed E-state index contributed by atoms with van der Waals surface area (Å²) >= 11 is 12.7. The fourth-order valence-corrected chi connectivity index (χ4v) is 2.76. The van der Waals surface area contributed by atoms with Crippen LogP contribution in [-0.4, -0.2) is 18.5 Å². The largest absolute Gasteiger partial charge is 0.489 e. The van der Waals surface area contributed by atoms with Crippen molar-refractivity contribution in [3.8, 4) is 11.5 Å². The molecule has 132 valence electrons. The topological polar surface area (TPSA) is 35.5 Å². The molecule has 2 rings (SSSR count). The maximum Gasteiger partial charge on any atom is 0.169 e. The second-order valence-electron chi connectivity index (χ2n) is 5.22. The Bertz CT molecular complexity index is 723. The van der Waals surface area contributed by atoms with Gasteiger partial charge in [-0.05, 0) is 68.5 Å². The SMILES string of the molecule is CC(=O)C(C)Oc1ccc(Sc2ccc(OCC=C(Cl)Cl)cc2)cc1. The van der Waals surface area contributed by atoms with Crippen LogP contribution in [0.25, 0.3) is 0 Å². The Balaban J connectivity index is 1.91. The number of ether oxygens (including phenoxy) is 2. The number of ketones is 1. The molecule has 0 saturated heterocycles. The van der Waals surface area contributed by atoms with Crippen LogP contribution in [0.4, 0.5) is 0 Å². The Labute approximate surface area is 161 Å². The zero-order chi connectivity index (χ0) is 18.2. The highest BCUT2D eigenvalue weighted by molar-refractivity contribution is 7.99. The van der Waals surface area contributed by atoms with Crippen LogP contribution in [0.2, 0.25) is 0 Å². The highest BCUT2D eigenvalue weighted by atomic mass is 35.5. The Kier molecular flexibility index (Phi) is 7.69. The number of rotatable bonds is 8. The van der Waals surface area contributed by atoms with E-state index < -0.39 is 6.10 Å². The molecule has 1 atom stereocenters. The number of carbonyl (C=O) groups is 1. The Morgan fingerprint density at radius 2 is 1.56 bits per heavy atom. The lowest BCUT2D eigenvalue weighted by molar-refractivity contribution is -0.122. The summed E-state index contributed by atoms with van der Waals surface area (Å²) in [5, 5.41) is 0. The summed E-state index contributed by atoms with van der Waals surface area (Å²) in [6.45, 7) is 3.59. The second-order valence-corrected chi connectivity index (χ2v) is 7.38. The van der Waals surface area contributed by atoms with E-state index in [4.69, 9.17) is 32.7 Å². The smallest absolute Gasteiger partial charge is 0.169 e. The predicted molar refractivity (Wildman–Crippen MR) is 103 cm³/mol. The summed E-state index contributed by atoms with van der Waals surface area (Å²) < 4.78 is 11.2. The lowest BCUT2D eigenvalue weighted by atomic mass is 10.3. The molecule has 0 fully saturated rings. The van der Waals surface area contributed by atoms with E-state index in [9.17, 15) is 4.79 Å². The van der Waals surface area contributed by atoms with Crippen molar-refractivity contribution < 1.29 is 14.3 Å². The molecule has 0 bridgehead atoms. The standard InChI is InChI=1S/C19H18Cl2O3S/c1-13(22)14(2)24-16-5-9-18(10-6-16)25-17-7-3-15(4-8-17)23-12-11-19(20)21/h3-11,14H,12H2,1-2H3. The van der Waals surface area contributed by atoms with E-state index in [0.717, 1.165) is 15.5 Å². The first-order chi connectivity index (χ1) is 11.9. The highest BCUT2D eigenvalue weighted by Gasteiger charge is 2.09. The van der Waals surface area contributed by atoms with Gasteiger partial charge in [0.25, 0.3) is 0 Å². The van der Waals surface area contributed by atoms with Gasteiger partial charge in [0, 0.05) is 9.79 Å². The third kappa shape index (κ3) is 7.02. The summed E-state index contributed by atoms with van der Waals surface area (Å²) in [6.07, 6.45) is 1.15. The number of halogens is 2. The van der Waals surface area contributed by atoms with E-state index in [1.807, 2.05) is 48.5 Å². The quantitative estimate of drug-likeness (QED) is 0.556. The van der Waals surface area contributed by atoms with Gasteiger partial charge in [0.05, 0.1) is 0 Å². The Morgan fingerprint density at radius 3 is 2.04 bits per heavy atom. The van der Waals surface area contributed by atoms with Crippen LogP contribution in [-0.2, 0) is 4.79 Å². The monoisotopic (exact) mass is 396 g/mol. The molecular formula is C19H18Cl2O3S. The van der Waals surface area contributed by atoms with Crippen molar-refractivity contribution in [2.75, 3.05) is 6.61 Å². The average Bonchev–Trinajstić information content (AvgIpc) is 2.58. The number of hydrogen-bond acceptors (Lipinski definition) is 4. The molecule has 0 aliphatic carbocycles. The molecular weight excluding hydrogens is 379 g/mol. The van der Waals surface area contributed by atoms with Crippen molar-refractivity contribution in [2.24, 2.45) is 0 Å². The summed E-state index contributed by atoms with van der Waals surface area (Å²) in [4.78, 5) is 13.4. The predicted octanol–water partition coefficient (Wildman–Crippen LogP) is 5.89. The molecule has 0 heterocycles. The molecule has 2 aromatic rings. The van der Waals surface area contributed by atoms with Gasteiger partial charge >= 0.3 is 0 Å². The fourth-order valence-electron chi connectivity index (χ4n) is 1.81. The van der Waals surface area contributed by atoms with E-state index in [-0.39, 0.29) is 10.3 Å². The molecule has 0 aromatic heterocycles. The van der Waals surface area contributed by atoms with Crippen LogP contribution in [0.15, 0.2) is 68.9 Å². The first kappa shape index (κ1) is 19.7. The van der Waals surface area contributed by atoms with E-state index in [1.54, 1.807) is 24.8 Å². The minimum Gasteiger partial charge on any atom is -0.489 e. The third-order valence-corrected chi connectivity index (χ3v) is 4.58. The van der Waals surface area contributed by atoms with Crippen LogP contribution in [0, 0.1) is 0 Å². The molecule has 0 radical (unpaired) electrons. The van der Waals surface area contributed by atoms with Crippen LogP contribution < -0.4 is 9.47 Å². The first-order valence-electron chi connectivity index (χ1n) is 7.63. The molecule has 25 heavy (non-hydrogen) atoms. The number of hydrogen-bond donors (Lipinski definition) is 0. The molecule has 0 saturated carbocycles. The minimum atomic E-state index is -0.436.